The maximum atomic E-state index is 10.7. The molecule has 1 aliphatic rings. The van der Waals surface area contributed by atoms with E-state index in [9.17, 15) is 19.2 Å². The molecule has 1 saturated heterocycles. The molecule has 2 atom stereocenters. The van der Waals surface area contributed by atoms with Crippen LogP contribution in [-0.4, -0.2) is 49.4 Å². The third-order valence-corrected chi connectivity index (χ3v) is 2.67. The normalized spacial score (nSPS) is 17.4. The lowest BCUT2D eigenvalue weighted by Gasteiger charge is -2.22. The molecule has 2 unspecified atom stereocenters. The van der Waals surface area contributed by atoms with Crippen LogP contribution in [-0.2, 0) is 28.7 Å². The van der Waals surface area contributed by atoms with Gasteiger partial charge in [-0.2, -0.15) is 0 Å². The zero-order valence-electron chi connectivity index (χ0n) is 14.7. The highest BCUT2D eigenvalue weighted by molar-refractivity contribution is 5.86. The van der Waals surface area contributed by atoms with Crippen LogP contribution in [0, 0.1) is 0 Å². The number of carbonyl (C=O) groups is 2. The van der Waals surface area contributed by atoms with Crippen molar-refractivity contribution in [3.05, 3.63) is 0 Å². The molecule has 0 bridgehead atoms. The minimum Gasteiger partial charge on any atom is -0.448 e. The second-order valence-electron chi connectivity index (χ2n) is 4.52. The first kappa shape index (κ1) is 27.5. The van der Waals surface area contributed by atoms with Crippen molar-refractivity contribution in [1.82, 2.24) is 0 Å². The minimum absolute atomic E-state index is 0. The molecule has 0 aliphatic carbocycles. The van der Waals surface area contributed by atoms with Crippen LogP contribution < -0.4 is 0 Å². The Labute approximate surface area is 149 Å². The highest BCUT2D eigenvalue weighted by Gasteiger charge is 2.32. The summed E-state index contributed by atoms with van der Waals surface area (Å²) in [5.41, 5.74) is 0. The van der Waals surface area contributed by atoms with Crippen molar-refractivity contribution in [1.29, 1.82) is 0 Å². The quantitative estimate of drug-likeness (QED) is 0.299. The van der Waals surface area contributed by atoms with E-state index < -0.39 is 24.1 Å². The number of hydrogen-bond donors (Lipinski definition) is 0. The second-order valence-corrected chi connectivity index (χ2v) is 4.52. The lowest BCUT2D eigenvalue weighted by molar-refractivity contribution is -0.191. The Bertz CT molecular complexity index is 412. The van der Waals surface area contributed by atoms with Gasteiger partial charge in [0.25, 0.3) is 0 Å². The predicted octanol–water partition coefficient (Wildman–Crippen LogP) is 2.74. The van der Waals surface area contributed by atoms with Gasteiger partial charge in [-0.1, -0.05) is 34.1 Å². The van der Waals surface area contributed by atoms with E-state index in [0.29, 0.717) is 13.1 Å². The number of esters is 2. The fourth-order valence-electron chi connectivity index (χ4n) is 1.46. The van der Waals surface area contributed by atoms with Gasteiger partial charge in [0, 0.05) is 0 Å². The van der Waals surface area contributed by atoms with Gasteiger partial charge in [-0.25, -0.2) is 29.2 Å². The van der Waals surface area contributed by atoms with Crippen LogP contribution in [0.2, 0.25) is 0 Å². The first-order valence-electron chi connectivity index (χ1n) is 8.01. The molecule has 0 radical (unpaired) electrons. The number of unbranched alkanes of at least 4 members (excludes halogenated alkanes) is 3. The Morgan fingerprint density at radius 2 is 1.12 bits per heavy atom. The molecule has 1 rings (SSSR count). The molecule has 8 nitrogen and oxygen atoms in total. The summed E-state index contributed by atoms with van der Waals surface area (Å²) in [4.78, 5) is 47.4. The molecule has 144 valence electrons. The van der Waals surface area contributed by atoms with E-state index >= 15 is 0 Å². The SMILES string of the molecule is C.CC.CC1OC(=O)C(C)OC1=O.O=C=NCCCCCCN=C=O. The molecule has 0 aromatic carbocycles. The molecule has 8 heteroatoms. The van der Waals surface area contributed by atoms with Crippen molar-refractivity contribution >= 4 is 24.1 Å². The van der Waals surface area contributed by atoms with Gasteiger partial charge >= 0.3 is 11.9 Å². The largest absolute Gasteiger partial charge is 0.448 e. The van der Waals surface area contributed by atoms with E-state index in [0.717, 1.165) is 25.7 Å². The Balaban J connectivity index is -0.000000342. The molecule has 1 heterocycles. The molecular weight excluding hydrogens is 328 g/mol. The van der Waals surface area contributed by atoms with Gasteiger partial charge in [-0.15, -0.1) is 0 Å². The van der Waals surface area contributed by atoms with Gasteiger partial charge in [0.1, 0.15) is 0 Å². The smallest absolute Gasteiger partial charge is 0.347 e. The van der Waals surface area contributed by atoms with Crippen molar-refractivity contribution in [2.45, 2.75) is 73.0 Å². The molecule has 0 N–H and O–H groups in total. The number of nitrogens with zero attached hydrogens (tertiary/aromatic N) is 2. The molecule has 0 aromatic heterocycles. The van der Waals surface area contributed by atoms with Gasteiger partial charge in [0.2, 0.25) is 12.2 Å². The summed E-state index contributed by atoms with van der Waals surface area (Å²) >= 11 is 0. The second kappa shape index (κ2) is 19.7. The molecule has 1 fully saturated rings. The lowest BCUT2D eigenvalue weighted by Crippen LogP contribution is -2.40. The van der Waals surface area contributed by atoms with Crippen molar-refractivity contribution in [3.63, 3.8) is 0 Å². The third kappa shape index (κ3) is 16.3. The molecular formula is C17H30N2O6. The predicted molar refractivity (Wildman–Crippen MR) is 93.6 cm³/mol. The Hall–Kier alpha value is -2.30. The number of carbonyl (C=O) groups excluding carboxylic acids is 4. The number of rotatable bonds is 7. The first-order chi connectivity index (χ1) is 11.5. The molecule has 1 aliphatic heterocycles. The van der Waals surface area contributed by atoms with E-state index in [-0.39, 0.29) is 7.43 Å². The van der Waals surface area contributed by atoms with Gasteiger partial charge < -0.3 is 9.47 Å². The number of aliphatic imine (C=N–C) groups is 2. The summed E-state index contributed by atoms with van der Waals surface area (Å²) in [6.07, 6.45) is 5.31. The zero-order valence-corrected chi connectivity index (χ0v) is 14.7. The van der Waals surface area contributed by atoms with Crippen LogP contribution >= 0.6 is 0 Å². The fraction of sp³-hybridized carbons (Fsp3) is 0.765. The van der Waals surface area contributed by atoms with Crippen LogP contribution in [0.15, 0.2) is 9.98 Å². The van der Waals surface area contributed by atoms with E-state index in [1.807, 2.05) is 13.8 Å². The lowest BCUT2D eigenvalue weighted by atomic mass is 10.2. The monoisotopic (exact) mass is 358 g/mol. The van der Waals surface area contributed by atoms with Gasteiger partial charge in [0.15, 0.2) is 12.2 Å². The summed E-state index contributed by atoms with van der Waals surface area (Å²) < 4.78 is 9.19. The molecule has 0 saturated carbocycles. The summed E-state index contributed by atoms with van der Waals surface area (Å²) in [6, 6.07) is 0. The summed E-state index contributed by atoms with van der Waals surface area (Å²) in [5, 5.41) is 0. The van der Waals surface area contributed by atoms with Crippen molar-refractivity contribution in [3.8, 4) is 0 Å². The Morgan fingerprint density at radius 3 is 1.40 bits per heavy atom. The molecule has 0 spiro atoms. The summed E-state index contributed by atoms with van der Waals surface area (Å²) in [5.74, 6) is -0.959. The molecule has 25 heavy (non-hydrogen) atoms. The average Bonchev–Trinajstić information content (AvgIpc) is 2.58. The fourth-order valence-corrected chi connectivity index (χ4v) is 1.46. The van der Waals surface area contributed by atoms with Crippen molar-refractivity contribution < 1.29 is 28.7 Å². The van der Waals surface area contributed by atoms with E-state index in [4.69, 9.17) is 0 Å². The number of cyclic esters (lactones) is 2. The highest BCUT2D eigenvalue weighted by atomic mass is 16.6. The number of isocyanates is 2. The molecule has 0 amide bonds. The van der Waals surface area contributed by atoms with Gasteiger partial charge in [-0.05, 0) is 26.7 Å². The van der Waals surface area contributed by atoms with Crippen LogP contribution in [0.3, 0.4) is 0 Å². The van der Waals surface area contributed by atoms with Crippen LogP contribution in [0.4, 0.5) is 0 Å². The van der Waals surface area contributed by atoms with E-state index in [1.54, 1.807) is 0 Å². The van der Waals surface area contributed by atoms with E-state index in [1.165, 1.54) is 26.0 Å². The van der Waals surface area contributed by atoms with Crippen LogP contribution in [0.5, 0.6) is 0 Å². The topological polar surface area (TPSA) is 111 Å². The summed E-state index contributed by atoms with van der Waals surface area (Å²) in [6.45, 7) is 8.07. The standard InChI is InChI=1S/C8H12N2O2.C6H8O4.C2H6.CH4/c11-7-9-5-3-1-2-4-6-10-8-12;1-3-5(7)10-4(2)6(8)9-3;1-2;/h1-6H2;3-4H,1-2H3;1-2H3;1H4. The maximum Gasteiger partial charge on any atom is 0.347 e. The number of hydrogen-bond acceptors (Lipinski definition) is 8. The molecule has 0 aromatic rings. The average molecular weight is 358 g/mol. The summed E-state index contributed by atoms with van der Waals surface area (Å²) in [7, 11) is 0. The zero-order chi connectivity index (χ0) is 18.8. The minimum atomic E-state index is -0.747. The van der Waals surface area contributed by atoms with Gasteiger partial charge in [-0.3, -0.25) is 0 Å². The Kier molecular flexibility index (Phi) is 21.8. The highest BCUT2D eigenvalue weighted by Crippen LogP contribution is 2.08. The Morgan fingerprint density at radius 1 is 0.800 bits per heavy atom. The first-order valence-corrected chi connectivity index (χ1v) is 8.01. The van der Waals surface area contributed by atoms with Crippen LogP contribution in [0.1, 0.15) is 60.8 Å². The van der Waals surface area contributed by atoms with Crippen molar-refractivity contribution in [2.75, 3.05) is 13.1 Å². The van der Waals surface area contributed by atoms with Gasteiger partial charge in [0.05, 0.1) is 13.1 Å². The maximum absolute atomic E-state index is 10.7. The van der Waals surface area contributed by atoms with Crippen molar-refractivity contribution in [2.24, 2.45) is 9.98 Å². The van der Waals surface area contributed by atoms with E-state index in [2.05, 4.69) is 19.5 Å². The van der Waals surface area contributed by atoms with Crippen LogP contribution in [0.25, 0.3) is 0 Å². The third-order valence-electron chi connectivity index (χ3n) is 2.67. The number of ether oxygens (including phenoxy) is 2.